The van der Waals surface area contributed by atoms with Crippen molar-refractivity contribution in [3.8, 4) is 0 Å². The molecule has 31 heavy (non-hydrogen) atoms. The molecule has 0 bridgehead atoms. The van der Waals surface area contributed by atoms with Gasteiger partial charge in [-0.05, 0) is 61.6 Å². The Morgan fingerprint density at radius 1 is 1.03 bits per heavy atom. The molecule has 0 unspecified atom stereocenters. The molecule has 162 valence electrons. The number of carbonyl (C=O) groups is 3. The molecule has 0 aromatic heterocycles. The van der Waals surface area contributed by atoms with Crippen molar-refractivity contribution in [1.82, 2.24) is 9.80 Å². The number of benzene rings is 2. The molecule has 1 N–H and O–H groups in total. The minimum absolute atomic E-state index is 0.0222. The molecule has 2 aliphatic heterocycles. The van der Waals surface area contributed by atoms with E-state index in [0.717, 1.165) is 22.4 Å². The second kappa shape index (κ2) is 8.17. The van der Waals surface area contributed by atoms with E-state index in [1.807, 2.05) is 55.1 Å². The number of hydrogen-bond donors (Lipinski definition) is 1. The second-order valence-corrected chi connectivity index (χ2v) is 8.88. The Balaban J connectivity index is 1.58. The maximum absolute atomic E-state index is 13.3. The Labute approximate surface area is 183 Å². The highest BCUT2D eigenvalue weighted by Gasteiger charge is 2.47. The summed E-state index contributed by atoms with van der Waals surface area (Å²) in [6.45, 7) is 7.17. The highest BCUT2D eigenvalue weighted by atomic mass is 16.2. The van der Waals surface area contributed by atoms with Gasteiger partial charge in [0.05, 0.1) is 12.0 Å². The molecule has 2 heterocycles. The van der Waals surface area contributed by atoms with Gasteiger partial charge >= 0.3 is 0 Å². The number of piperidine rings is 1. The van der Waals surface area contributed by atoms with Gasteiger partial charge in [-0.3, -0.25) is 14.4 Å². The van der Waals surface area contributed by atoms with Crippen LogP contribution in [0, 0.1) is 13.8 Å². The van der Waals surface area contributed by atoms with Crippen LogP contribution in [0.2, 0.25) is 0 Å². The lowest BCUT2D eigenvalue weighted by atomic mass is 9.82. The largest absolute Gasteiger partial charge is 0.343 e. The van der Waals surface area contributed by atoms with Crippen LogP contribution in [-0.2, 0) is 16.1 Å². The predicted molar refractivity (Wildman–Crippen MR) is 120 cm³/mol. The van der Waals surface area contributed by atoms with Crippen molar-refractivity contribution >= 4 is 23.4 Å². The van der Waals surface area contributed by atoms with E-state index in [-0.39, 0.29) is 24.1 Å². The van der Waals surface area contributed by atoms with E-state index < -0.39 is 5.54 Å². The van der Waals surface area contributed by atoms with Gasteiger partial charge in [-0.25, -0.2) is 0 Å². The van der Waals surface area contributed by atoms with Gasteiger partial charge < -0.3 is 15.1 Å². The molecule has 6 heteroatoms. The lowest BCUT2D eigenvalue weighted by Crippen LogP contribution is -2.57. The fourth-order valence-electron chi connectivity index (χ4n) is 4.97. The summed E-state index contributed by atoms with van der Waals surface area (Å²) in [5, 5.41) is 3.03. The SMILES string of the molecule is CC(=O)N1CCC(CC(=O)Nc2cc(C)cc(C)c2)(N2Cc3ccccc3C2=O)CC1. The van der Waals surface area contributed by atoms with E-state index in [0.29, 0.717) is 38.0 Å². The third-order valence-corrected chi connectivity index (χ3v) is 6.53. The zero-order chi connectivity index (χ0) is 22.2. The highest BCUT2D eigenvalue weighted by Crippen LogP contribution is 2.38. The minimum Gasteiger partial charge on any atom is -0.343 e. The normalized spacial score (nSPS) is 17.5. The third kappa shape index (κ3) is 4.20. The number of nitrogens with zero attached hydrogens (tertiary/aromatic N) is 2. The van der Waals surface area contributed by atoms with E-state index >= 15 is 0 Å². The van der Waals surface area contributed by atoms with Gasteiger partial charge in [-0.1, -0.05) is 24.3 Å². The summed E-state index contributed by atoms with van der Waals surface area (Å²) in [6, 6.07) is 13.6. The number of aryl methyl sites for hydroxylation is 2. The number of likely N-dealkylation sites (tertiary alicyclic amines) is 1. The van der Waals surface area contributed by atoms with Crippen molar-refractivity contribution in [3.05, 3.63) is 64.7 Å². The number of carbonyl (C=O) groups excluding carboxylic acids is 3. The topological polar surface area (TPSA) is 69.7 Å². The molecular formula is C25H29N3O3. The van der Waals surface area contributed by atoms with Gasteiger partial charge in [0, 0.05) is 37.8 Å². The average Bonchev–Trinajstić information content (AvgIpc) is 3.05. The van der Waals surface area contributed by atoms with Crippen LogP contribution >= 0.6 is 0 Å². The van der Waals surface area contributed by atoms with Crippen molar-refractivity contribution in [3.63, 3.8) is 0 Å². The van der Waals surface area contributed by atoms with E-state index in [1.54, 1.807) is 11.8 Å². The Bertz CT molecular complexity index is 1020. The minimum atomic E-state index is -0.606. The van der Waals surface area contributed by atoms with Crippen LogP contribution < -0.4 is 5.32 Å². The fraction of sp³-hybridized carbons (Fsp3) is 0.400. The van der Waals surface area contributed by atoms with E-state index in [9.17, 15) is 14.4 Å². The monoisotopic (exact) mass is 419 g/mol. The lowest BCUT2D eigenvalue weighted by Gasteiger charge is -2.47. The number of fused-ring (bicyclic) bond motifs is 1. The molecule has 2 aromatic rings. The van der Waals surface area contributed by atoms with Gasteiger partial charge in [-0.2, -0.15) is 0 Å². The van der Waals surface area contributed by atoms with Crippen LogP contribution in [0.5, 0.6) is 0 Å². The van der Waals surface area contributed by atoms with Gasteiger partial charge in [0.25, 0.3) is 5.91 Å². The molecule has 1 fully saturated rings. The number of hydrogen-bond acceptors (Lipinski definition) is 3. The first-order valence-corrected chi connectivity index (χ1v) is 10.8. The number of anilines is 1. The van der Waals surface area contributed by atoms with E-state index in [2.05, 4.69) is 11.4 Å². The van der Waals surface area contributed by atoms with Crippen LogP contribution in [0.15, 0.2) is 42.5 Å². The Morgan fingerprint density at radius 3 is 2.29 bits per heavy atom. The lowest BCUT2D eigenvalue weighted by molar-refractivity contribution is -0.131. The first kappa shape index (κ1) is 21.1. The van der Waals surface area contributed by atoms with Gasteiger partial charge in [0.1, 0.15) is 0 Å². The van der Waals surface area contributed by atoms with Crippen molar-refractivity contribution in [2.75, 3.05) is 18.4 Å². The number of rotatable bonds is 4. The standard InChI is InChI=1S/C25H29N3O3/c1-17-12-18(2)14-21(13-17)26-23(30)15-25(8-10-27(11-9-25)19(3)29)28-16-20-6-4-5-7-22(20)24(28)31/h4-7,12-14H,8-11,15-16H2,1-3H3,(H,26,30). The Hall–Kier alpha value is -3.15. The summed E-state index contributed by atoms with van der Waals surface area (Å²) in [7, 11) is 0. The summed E-state index contributed by atoms with van der Waals surface area (Å²) in [5.41, 5.74) is 4.05. The molecular weight excluding hydrogens is 390 g/mol. The first-order valence-electron chi connectivity index (χ1n) is 10.8. The molecule has 0 aliphatic carbocycles. The van der Waals surface area contributed by atoms with Crippen molar-refractivity contribution in [2.45, 2.75) is 52.1 Å². The van der Waals surface area contributed by atoms with E-state index in [1.165, 1.54) is 0 Å². The molecule has 0 atom stereocenters. The summed E-state index contributed by atoms with van der Waals surface area (Å²) in [5.74, 6) is -0.0968. The molecule has 4 rings (SSSR count). The van der Waals surface area contributed by atoms with Crippen LogP contribution in [0.3, 0.4) is 0 Å². The molecule has 0 spiro atoms. The number of amides is 3. The molecule has 0 radical (unpaired) electrons. The third-order valence-electron chi connectivity index (χ3n) is 6.53. The van der Waals surface area contributed by atoms with Crippen LogP contribution in [0.4, 0.5) is 5.69 Å². The maximum Gasteiger partial charge on any atom is 0.254 e. The second-order valence-electron chi connectivity index (χ2n) is 8.88. The zero-order valence-corrected chi connectivity index (χ0v) is 18.4. The van der Waals surface area contributed by atoms with Crippen LogP contribution in [0.25, 0.3) is 0 Å². The molecule has 6 nitrogen and oxygen atoms in total. The molecule has 1 saturated heterocycles. The summed E-state index contributed by atoms with van der Waals surface area (Å²) >= 11 is 0. The van der Waals surface area contributed by atoms with Gasteiger partial charge in [-0.15, -0.1) is 0 Å². The number of nitrogens with one attached hydrogen (secondary N) is 1. The van der Waals surface area contributed by atoms with Gasteiger partial charge in [0.15, 0.2) is 0 Å². The summed E-state index contributed by atoms with van der Waals surface area (Å²) < 4.78 is 0. The molecule has 2 aliphatic rings. The maximum atomic E-state index is 13.3. The van der Waals surface area contributed by atoms with E-state index in [4.69, 9.17) is 0 Å². The smallest absolute Gasteiger partial charge is 0.254 e. The zero-order valence-electron chi connectivity index (χ0n) is 18.4. The van der Waals surface area contributed by atoms with Crippen LogP contribution in [-0.4, -0.2) is 46.1 Å². The fourth-order valence-corrected chi connectivity index (χ4v) is 4.97. The van der Waals surface area contributed by atoms with Crippen LogP contribution in [0.1, 0.15) is 53.2 Å². The highest BCUT2D eigenvalue weighted by molar-refractivity contribution is 5.99. The molecule has 3 amide bonds. The Morgan fingerprint density at radius 2 is 1.68 bits per heavy atom. The quantitative estimate of drug-likeness (QED) is 0.822. The Kier molecular flexibility index (Phi) is 5.56. The van der Waals surface area contributed by atoms with Crippen molar-refractivity contribution in [2.24, 2.45) is 0 Å². The van der Waals surface area contributed by atoms with Crippen molar-refractivity contribution < 1.29 is 14.4 Å². The first-order chi connectivity index (χ1) is 14.8. The predicted octanol–water partition coefficient (Wildman–Crippen LogP) is 3.67. The van der Waals surface area contributed by atoms with Crippen molar-refractivity contribution in [1.29, 1.82) is 0 Å². The van der Waals surface area contributed by atoms with Gasteiger partial charge in [0.2, 0.25) is 11.8 Å². The molecule has 2 aromatic carbocycles. The average molecular weight is 420 g/mol. The summed E-state index contributed by atoms with van der Waals surface area (Å²) in [6.07, 6.45) is 1.39. The molecule has 0 saturated carbocycles. The summed E-state index contributed by atoms with van der Waals surface area (Å²) in [4.78, 5) is 41.9.